The van der Waals surface area contributed by atoms with Crippen LogP contribution in [0.15, 0.2) is 35.0 Å². The summed E-state index contributed by atoms with van der Waals surface area (Å²) in [5.41, 5.74) is 4.86. The summed E-state index contributed by atoms with van der Waals surface area (Å²) in [4.78, 5) is 61.2. The van der Waals surface area contributed by atoms with Crippen molar-refractivity contribution in [1.29, 1.82) is 0 Å². The molecule has 0 aliphatic heterocycles. The molecule has 0 aromatic carbocycles. The number of aromatic nitrogens is 1. The minimum atomic E-state index is -1.24. The number of Topliss-reactive ketones (excluding diaryl/α,β-unsaturated/α-hetero) is 1. The Morgan fingerprint density at radius 1 is 1.23 bits per heavy atom. The van der Waals surface area contributed by atoms with Crippen LogP contribution in [0.2, 0.25) is 0 Å². The number of anilines is 1. The molecule has 1 aromatic rings. The fourth-order valence-corrected chi connectivity index (χ4v) is 2.60. The van der Waals surface area contributed by atoms with Gasteiger partial charge >= 0.3 is 0 Å². The van der Waals surface area contributed by atoms with E-state index < -0.39 is 35.1 Å². The fourth-order valence-electron chi connectivity index (χ4n) is 2.60. The lowest BCUT2D eigenvalue weighted by Crippen LogP contribution is -2.48. The van der Waals surface area contributed by atoms with E-state index in [1.54, 1.807) is 26.1 Å². The number of hydrogen-bond acceptors (Lipinski definition) is 8. The molecule has 0 spiro atoms. The second-order valence-corrected chi connectivity index (χ2v) is 6.51. The molecule has 0 saturated heterocycles. The van der Waals surface area contributed by atoms with Crippen molar-refractivity contribution in [3.63, 3.8) is 0 Å². The molecular weight excluding hydrogens is 406 g/mol. The summed E-state index contributed by atoms with van der Waals surface area (Å²) in [6.07, 6.45) is 2.03. The normalized spacial score (nSPS) is 11.9. The topological polar surface area (TPSA) is 182 Å². The number of pyridine rings is 1. The van der Waals surface area contributed by atoms with Crippen molar-refractivity contribution >= 4 is 29.2 Å². The quantitative estimate of drug-likeness (QED) is 0.119. The van der Waals surface area contributed by atoms with E-state index in [1.165, 1.54) is 17.7 Å². The zero-order chi connectivity index (χ0) is 23.6. The second-order valence-electron chi connectivity index (χ2n) is 6.51. The second kappa shape index (κ2) is 12.1. The van der Waals surface area contributed by atoms with E-state index >= 15 is 0 Å². The van der Waals surface area contributed by atoms with E-state index in [-0.39, 0.29) is 30.8 Å². The number of aryl methyl sites for hydroxylation is 1. The number of carbonyl (C=O) groups is 4. The van der Waals surface area contributed by atoms with Crippen molar-refractivity contribution in [3.8, 4) is 0 Å². The molecule has 170 valence electrons. The van der Waals surface area contributed by atoms with Crippen molar-refractivity contribution in [2.45, 2.75) is 39.3 Å². The Labute approximate surface area is 179 Å². The minimum absolute atomic E-state index is 0.00850. The first-order valence-corrected chi connectivity index (χ1v) is 9.68. The number of likely N-dealkylation sites (N-methyl/N-ethyl adjacent to an activating group) is 2. The van der Waals surface area contributed by atoms with Crippen LogP contribution in [0, 0.1) is 0 Å². The number of nitrogens with two attached hydrogens (primary N) is 2. The highest BCUT2D eigenvalue weighted by molar-refractivity contribution is 6.36. The zero-order valence-electron chi connectivity index (χ0n) is 17.8. The van der Waals surface area contributed by atoms with E-state index in [0.717, 1.165) is 11.2 Å². The molecule has 0 radical (unpaired) electrons. The van der Waals surface area contributed by atoms with Gasteiger partial charge in [-0.2, -0.15) is 0 Å². The molecule has 12 nitrogen and oxygen atoms in total. The predicted octanol–water partition coefficient (Wildman–Crippen LogP) is -1.62. The monoisotopic (exact) mass is 435 g/mol. The summed E-state index contributed by atoms with van der Waals surface area (Å²) in [7, 11) is 1.38. The van der Waals surface area contributed by atoms with Crippen LogP contribution in [0.4, 0.5) is 5.69 Å². The number of rotatable bonds is 11. The van der Waals surface area contributed by atoms with E-state index in [9.17, 15) is 24.0 Å². The molecular formula is C19H29N7O5. The van der Waals surface area contributed by atoms with Crippen LogP contribution in [0.25, 0.3) is 0 Å². The van der Waals surface area contributed by atoms with Gasteiger partial charge in [0.05, 0.1) is 0 Å². The highest BCUT2D eigenvalue weighted by Gasteiger charge is 2.26. The minimum Gasteiger partial charge on any atom is -0.403 e. The summed E-state index contributed by atoms with van der Waals surface area (Å²) in [5, 5.41) is 8.22. The first-order chi connectivity index (χ1) is 14.7. The molecule has 1 aromatic heterocycles. The molecule has 1 atom stereocenters. The lowest BCUT2D eigenvalue weighted by Gasteiger charge is -2.21. The van der Waals surface area contributed by atoms with Crippen molar-refractivity contribution in [1.82, 2.24) is 20.2 Å². The molecule has 1 heterocycles. The van der Waals surface area contributed by atoms with Crippen molar-refractivity contribution in [3.05, 3.63) is 40.6 Å². The zero-order valence-corrected chi connectivity index (χ0v) is 17.8. The fraction of sp³-hybridized carbons (Fsp3) is 0.421. The van der Waals surface area contributed by atoms with Gasteiger partial charge in [0, 0.05) is 39.0 Å². The lowest BCUT2D eigenvalue weighted by molar-refractivity contribution is -0.138. The number of hydrogen-bond donors (Lipinski definition) is 5. The van der Waals surface area contributed by atoms with Gasteiger partial charge in [-0.15, -0.1) is 0 Å². The van der Waals surface area contributed by atoms with Crippen LogP contribution in [0.1, 0.15) is 26.7 Å². The number of hydrazine groups is 1. The molecule has 0 saturated carbocycles. The molecule has 0 fully saturated rings. The molecule has 1 unspecified atom stereocenters. The molecule has 31 heavy (non-hydrogen) atoms. The van der Waals surface area contributed by atoms with Crippen LogP contribution < -0.4 is 33.1 Å². The molecule has 1 rings (SSSR count). The average Bonchev–Trinajstić information content (AvgIpc) is 2.72. The van der Waals surface area contributed by atoms with E-state index in [1.807, 2.05) is 0 Å². The van der Waals surface area contributed by atoms with Gasteiger partial charge in [0.25, 0.3) is 17.4 Å². The number of amides is 3. The standard InChI is InChI=1S/C19H29N7O5/c1-4-22-18(30)15(27)9-8-12(23-17(29)14(11-20)25(3)21)16(28)24-13-7-6-10-26(5-2)19(13)31/h6-7,10-12H,4-5,8-9,20-21H2,1-3H3,(H,22,30)(H,23,29)(H,24,28)/b14-11-. The third kappa shape index (κ3) is 7.26. The molecule has 7 N–H and O–H groups in total. The maximum atomic E-state index is 12.8. The van der Waals surface area contributed by atoms with Crippen LogP contribution >= 0.6 is 0 Å². The summed E-state index contributed by atoms with van der Waals surface area (Å²) < 4.78 is 1.39. The average molecular weight is 435 g/mol. The Balaban J connectivity index is 3.06. The van der Waals surface area contributed by atoms with Crippen LogP contribution in [-0.2, 0) is 25.7 Å². The summed E-state index contributed by atoms with van der Waals surface area (Å²) in [6, 6.07) is 1.77. The number of carbonyl (C=O) groups excluding carboxylic acids is 4. The summed E-state index contributed by atoms with van der Waals surface area (Å²) in [5.74, 6) is 2.51. The Bertz CT molecular complexity index is 907. The summed E-state index contributed by atoms with van der Waals surface area (Å²) in [6.45, 7) is 4.11. The molecule has 0 bridgehead atoms. The van der Waals surface area contributed by atoms with Gasteiger partial charge in [-0.3, -0.25) is 24.0 Å². The van der Waals surface area contributed by atoms with Crippen LogP contribution in [-0.4, -0.2) is 52.7 Å². The number of nitrogens with zero attached hydrogens (tertiary/aromatic N) is 2. The Morgan fingerprint density at radius 2 is 1.90 bits per heavy atom. The van der Waals surface area contributed by atoms with Crippen molar-refractivity contribution in [2.75, 3.05) is 18.9 Å². The molecule has 12 heteroatoms. The first-order valence-electron chi connectivity index (χ1n) is 9.68. The lowest BCUT2D eigenvalue weighted by atomic mass is 10.1. The summed E-state index contributed by atoms with van der Waals surface area (Å²) >= 11 is 0. The van der Waals surface area contributed by atoms with Gasteiger partial charge in [0.1, 0.15) is 17.4 Å². The molecule has 0 aliphatic carbocycles. The largest absolute Gasteiger partial charge is 0.403 e. The van der Waals surface area contributed by atoms with Crippen molar-refractivity contribution in [2.24, 2.45) is 11.6 Å². The van der Waals surface area contributed by atoms with Gasteiger partial charge < -0.3 is 31.3 Å². The van der Waals surface area contributed by atoms with Gasteiger partial charge in [-0.25, -0.2) is 5.84 Å². The predicted molar refractivity (Wildman–Crippen MR) is 114 cm³/mol. The first kappa shape index (κ1) is 25.4. The van der Waals surface area contributed by atoms with Gasteiger partial charge in [0.15, 0.2) is 0 Å². The number of nitrogens with one attached hydrogen (secondary N) is 3. The van der Waals surface area contributed by atoms with Gasteiger partial charge in [0.2, 0.25) is 11.7 Å². The number of ketones is 1. The molecule has 0 aliphatic rings. The maximum absolute atomic E-state index is 12.8. The van der Waals surface area contributed by atoms with Gasteiger partial charge in [-0.05, 0) is 32.4 Å². The highest BCUT2D eigenvalue weighted by Crippen LogP contribution is 2.07. The Kier molecular flexibility index (Phi) is 9.92. The van der Waals surface area contributed by atoms with E-state index in [2.05, 4.69) is 16.0 Å². The third-order valence-electron chi connectivity index (χ3n) is 4.26. The van der Waals surface area contributed by atoms with E-state index in [4.69, 9.17) is 11.6 Å². The van der Waals surface area contributed by atoms with E-state index in [0.29, 0.717) is 6.54 Å². The Hall–Kier alpha value is -3.67. The maximum Gasteiger partial charge on any atom is 0.287 e. The van der Waals surface area contributed by atoms with Gasteiger partial charge in [-0.1, -0.05) is 0 Å². The molecule has 3 amide bonds. The van der Waals surface area contributed by atoms with Crippen molar-refractivity contribution < 1.29 is 19.2 Å². The third-order valence-corrected chi connectivity index (χ3v) is 4.26. The highest BCUT2D eigenvalue weighted by atomic mass is 16.2. The Morgan fingerprint density at radius 3 is 2.45 bits per heavy atom. The SMILES string of the molecule is CCNC(=O)C(=O)CCC(NC(=O)/C(=C/N)N(C)N)C(=O)Nc1cccn(CC)c1=O. The smallest absolute Gasteiger partial charge is 0.287 e. The van der Waals surface area contributed by atoms with Crippen LogP contribution in [0.3, 0.4) is 0 Å². The van der Waals surface area contributed by atoms with Crippen LogP contribution in [0.5, 0.6) is 0 Å².